The summed E-state index contributed by atoms with van der Waals surface area (Å²) in [7, 11) is -2.97. The molecule has 2 heterocycles. The second-order valence-corrected chi connectivity index (χ2v) is 7.43. The van der Waals surface area contributed by atoms with Crippen molar-refractivity contribution >= 4 is 15.9 Å². The molecule has 104 valence electrons. The molecule has 0 aromatic rings. The van der Waals surface area contributed by atoms with E-state index in [9.17, 15) is 13.2 Å². The summed E-state index contributed by atoms with van der Waals surface area (Å²) >= 11 is 0. The fourth-order valence-electron chi connectivity index (χ4n) is 2.51. The average molecular weight is 275 g/mol. The molecular formula is C11H21N3O3S. The molecule has 0 spiro atoms. The maximum Gasteiger partial charge on any atom is 0.315 e. The zero-order valence-electron chi connectivity index (χ0n) is 10.4. The van der Waals surface area contributed by atoms with Gasteiger partial charge in [-0.25, -0.2) is 13.2 Å². The van der Waals surface area contributed by atoms with E-state index >= 15 is 0 Å². The van der Waals surface area contributed by atoms with Crippen molar-refractivity contribution in [1.82, 2.24) is 16.0 Å². The number of nitrogens with one attached hydrogen (secondary N) is 3. The maximum atomic E-state index is 11.6. The van der Waals surface area contributed by atoms with Crippen LogP contribution < -0.4 is 16.0 Å². The summed E-state index contributed by atoms with van der Waals surface area (Å²) in [6.45, 7) is 2.02. The summed E-state index contributed by atoms with van der Waals surface area (Å²) in [6, 6.07) is -0.107. The van der Waals surface area contributed by atoms with Crippen LogP contribution in [-0.4, -0.2) is 51.1 Å². The van der Waals surface area contributed by atoms with Crippen LogP contribution in [0.4, 0.5) is 4.79 Å². The normalized spacial score (nSPS) is 30.9. The summed E-state index contributed by atoms with van der Waals surface area (Å²) < 4.78 is 23.2. The number of piperidine rings is 1. The molecule has 0 radical (unpaired) electrons. The van der Waals surface area contributed by atoms with Crippen LogP contribution in [0.15, 0.2) is 0 Å². The van der Waals surface area contributed by atoms with Gasteiger partial charge in [-0.3, -0.25) is 0 Å². The number of sulfone groups is 1. The average Bonchev–Trinajstić information content (AvgIpc) is 2.67. The van der Waals surface area contributed by atoms with Gasteiger partial charge in [-0.2, -0.15) is 0 Å². The lowest BCUT2D eigenvalue weighted by Gasteiger charge is -2.24. The lowest BCUT2D eigenvalue weighted by Crippen LogP contribution is -2.50. The first kappa shape index (κ1) is 13.6. The predicted molar refractivity (Wildman–Crippen MR) is 69.2 cm³/mol. The molecule has 2 rings (SSSR count). The molecule has 0 bridgehead atoms. The predicted octanol–water partition coefficient (Wildman–Crippen LogP) is -0.385. The fourth-order valence-corrected chi connectivity index (χ4v) is 4.27. The van der Waals surface area contributed by atoms with Gasteiger partial charge in [0.1, 0.15) is 0 Å². The number of carbonyl (C=O) groups is 1. The maximum absolute atomic E-state index is 11.6. The highest BCUT2D eigenvalue weighted by atomic mass is 32.2. The SMILES string of the molecule is O=C(NCC1CCCS1(=O)=O)NC1CCCNC1. The minimum absolute atomic E-state index is 0.152. The van der Waals surface area contributed by atoms with E-state index in [-0.39, 0.29) is 24.4 Å². The Kier molecular flexibility index (Phi) is 4.45. The van der Waals surface area contributed by atoms with E-state index in [4.69, 9.17) is 0 Å². The highest BCUT2D eigenvalue weighted by Gasteiger charge is 2.31. The Morgan fingerprint density at radius 1 is 1.28 bits per heavy atom. The van der Waals surface area contributed by atoms with E-state index in [1.165, 1.54) is 0 Å². The topological polar surface area (TPSA) is 87.3 Å². The summed E-state index contributed by atoms with van der Waals surface area (Å²) in [5.74, 6) is 0.257. The van der Waals surface area contributed by atoms with Crippen molar-refractivity contribution in [2.45, 2.75) is 37.0 Å². The van der Waals surface area contributed by atoms with Crippen LogP contribution in [-0.2, 0) is 9.84 Å². The molecule has 2 saturated heterocycles. The first-order valence-electron chi connectivity index (χ1n) is 6.54. The lowest BCUT2D eigenvalue weighted by atomic mass is 10.1. The quantitative estimate of drug-likeness (QED) is 0.655. The molecule has 0 aliphatic carbocycles. The Balaban J connectivity index is 1.71. The molecule has 7 heteroatoms. The van der Waals surface area contributed by atoms with Crippen molar-refractivity contribution in [1.29, 1.82) is 0 Å². The third-order valence-corrected chi connectivity index (χ3v) is 5.86. The Hall–Kier alpha value is -0.820. The molecule has 2 aliphatic heterocycles. The Morgan fingerprint density at radius 2 is 2.11 bits per heavy atom. The largest absolute Gasteiger partial charge is 0.337 e. The van der Waals surface area contributed by atoms with Crippen LogP contribution >= 0.6 is 0 Å². The number of urea groups is 1. The molecule has 3 N–H and O–H groups in total. The smallest absolute Gasteiger partial charge is 0.315 e. The lowest BCUT2D eigenvalue weighted by molar-refractivity contribution is 0.234. The van der Waals surface area contributed by atoms with Gasteiger partial charge in [-0.15, -0.1) is 0 Å². The molecule has 18 heavy (non-hydrogen) atoms. The molecule has 0 aromatic carbocycles. The minimum Gasteiger partial charge on any atom is -0.337 e. The second-order valence-electron chi connectivity index (χ2n) is 5.03. The van der Waals surface area contributed by atoms with Crippen LogP contribution in [0.25, 0.3) is 0 Å². The number of rotatable bonds is 3. The van der Waals surface area contributed by atoms with Crippen LogP contribution in [0.3, 0.4) is 0 Å². The first-order chi connectivity index (χ1) is 8.58. The van der Waals surface area contributed by atoms with E-state index in [1.807, 2.05) is 0 Å². The highest BCUT2D eigenvalue weighted by molar-refractivity contribution is 7.92. The summed E-state index contributed by atoms with van der Waals surface area (Å²) in [6.07, 6.45) is 3.40. The highest BCUT2D eigenvalue weighted by Crippen LogP contribution is 2.18. The van der Waals surface area contributed by atoms with Crippen LogP contribution in [0.5, 0.6) is 0 Å². The van der Waals surface area contributed by atoms with Crippen LogP contribution in [0, 0.1) is 0 Å². The van der Waals surface area contributed by atoms with Crippen molar-refractivity contribution in [3.63, 3.8) is 0 Å². The van der Waals surface area contributed by atoms with Gasteiger partial charge in [0.15, 0.2) is 9.84 Å². The summed E-state index contributed by atoms with van der Waals surface area (Å²) in [4.78, 5) is 11.6. The second kappa shape index (κ2) is 5.88. The number of hydrogen-bond acceptors (Lipinski definition) is 4. The fraction of sp³-hybridized carbons (Fsp3) is 0.909. The van der Waals surface area contributed by atoms with E-state index in [2.05, 4.69) is 16.0 Å². The van der Waals surface area contributed by atoms with Gasteiger partial charge < -0.3 is 16.0 Å². The standard InChI is InChI=1S/C11H21N3O3S/c15-11(14-9-3-1-5-12-7-9)13-8-10-4-2-6-18(10,16)17/h9-10,12H,1-8H2,(H2,13,14,15). The molecule has 2 unspecified atom stereocenters. The third kappa shape index (κ3) is 3.58. The number of carbonyl (C=O) groups excluding carboxylic acids is 1. The van der Waals surface area contributed by atoms with E-state index < -0.39 is 15.1 Å². The Labute approximate surface area is 108 Å². The van der Waals surface area contributed by atoms with Gasteiger partial charge >= 0.3 is 6.03 Å². The van der Waals surface area contributed by atoms with E-state index in [1.54, 1.807) is 0 Å². The van der Waals surface area contributed by atoms with Gasteiger partial charge in [0, 0.05) is 19.1 Å². The molecular weight excluding hydrogens is 254 g/mol. The Bertz CT molecular complexity index is 390. The van der Waals surface area contributed by atoms with Crippen LogP contribution in [0.2, 0.25) is 0 Å². The van der Waals surface area contributed by atoms with Gasteiger partial charge in [-0.1, -0.05) is 0 Å². The van der Waals surface area contributed by atoms with Crippen molar-refractivity contribution < 1.29 is 13.2 Å². The Morgan fingerprint density at radius 3 is 2.72 bits per heavy atom. The molecule has 2 amide bonds. The molecule has 0 saturated carbocycles. The monoisotopic (exact) mass is 275 g/mol. The zero-order valence-corrected chi connectivity index (χ0v) is 11.3. The van der Waals surface area contributed by atoms with Gasteiger partial charge in [0.25, 0.3) is 0 Å². The van der Waals surface area contributed by atoms with E-state index in [0.29, 0.717) is 12.8 Å². The van der Waals surface area contributed by atoms with Crippen LogP contribution in [0.1, 0.15) is 25.7 Å². The number of hydrogen-bond donors (Lipinski definition) is 3. The minimum atomic E-state index is -2.97. The third-order valence-electron chi connectivity index (χ3n) is 3.59. The first-order valence-corrected chi connectivity index (χ1v) is 8.26. The number of amides is 2. The molecule has 6 nitrogen and oxygen atoms in total. The van der Waals surface area contributed by atoms with Gasteiger partial charge in [0.2, 0.25) is 0 Å². The van der Waals surface area contributed by atoms with E-state index in [0.717, 1.165) is 25.9 Å². The van der Waals surface area contributed by atoms with Gasteiger partial charge in [-0.05, 0) is 32.2 Å². The van der Waals surface area contributed by atoms with Crippen molar-refractivity contribution in [2.75, 3.05) is 25.4 Å². The van der Waals surface area contributed by atoms with Crippen molar-refractivity contribution in [3.05, 3.63) is 0 Å². The zero-order chi connectivity index (χ0) is 13.0. The summed E-state index contributed by atoms with van der Waals surface area (Å²) in [5.41, 5.74) is 0. The molecule has 2 atom stereocenters. The molecule has 2 aliphatic rings. The molecule has 0 aromatic heterocycles. The van der Waals surface area contributed by atoms with Crippen molar-refractivity contribution in [3.8, 4) is 0 Å². The van der Waals surface area contributed by atoms with Gasteiger partial charge in [0.05, 0.1) is 11.0 Å². The molecule has 2 fully saturated rings. The van der Waals surface area contributed by atoms with Crippen molar-refractivity contribution in [2.24, 2.45) is 0 Å². The summed E-state index contributed by atoms with van der Waals surface area (Å²) in [5, 5.41) is 8.35.